The van der Waals surface area contributed by atoms with E-state index in [9.17, 15) is 23.1 Å². The molecule has 1 heterocycles. The molecule has 2 aromatic rings. The Kier molecular flexibility index (Phi) is 3.76. The Morgan fingerprint density at radius 1 is 1.24 bits per heavy atom. The summed E-state index contributed by atoms with van der Waals surface area (Å²) in [6, 6.07) is 4.11. The van der Waals surface area contributed by atoms with E-state index in [0.29, 0.717) is 0 Å². The van der Waals surface area contributed by atoms with E-state index < -0.39 is 17.7 Å². The number of aromatic carboxylic acids is 1. The SMILES string of the molecule is CC(C)c1onc(-c2ccc(C(F)(F)F)cc2)c1C(=O)O. The van der Waals surface area contributed by atoms with Crippen molar-refractivity contribution in [1.29, 1.82) is 0 Å². The predicted octanol–water partition coefficient (Wildman–Crippen LogP) is 4.18. The molecule has 0 fully saturated rings. The fraction of sp³-hybridized carbons (Fsp3) is 0.286. The summed E-state index contributed by atoms with van der Waals surface area (Å²) in [6.45, 7) is 3.48. The highest BCUT2D eigenvalue weighted by Crippen LogP contribution is 2.33. The molecule has 0 unspecified atom stereocenters. The molecule has 1 aromatic carbocycles. The second kappa shape index (κ2) is 5.23. The van der Waals surface area contributed by atoms with Crippen molar-refractivity contribution in [1.82, 2.24) is 5.16 Å². The maximum Gasteiger partial charge on any atom is 0.416 e. The molecule has 0 atom stereocenters. The van der Waals surface area contributed by atoms with Gasteiger partial charge in [0.15, 0.2) is 5.76 Å². The first kappa shape index (κ1) is 15.1. The number of alkyl halides is 3. The van der Waals surface area contributed by atoms with Crippen LogP contribution in [0.3, 0.4) is 0 Å². The van der Waals surface area contributed by atoms with Crippen LogP contribution >= 0.6 is 0 Å². The van der Waals surface area contributed by atoms with Crippen LogP contribution < -0.4 is 0 Å². The zero-order valence-electron chi connectivity index (χ0n) is 11.2. The Balaban J connectivity index is 2.50. The minimum absolute atomic E-state index is 0.0277. The largest absolute Gasteiger partial charge is 0.477 e. The quantitative estimate of drug-likeness (QED) is 0.923. The fourth-order valence-electron chi connectivity index (χ4n) is 1.92. The lowest BCUT2D eigenvalue weighted by molar-refractivity contribution is -0.137. The summed E-state index contributed by atoms with van der Waals surface area (Å²) in [7, 11) is 0. The lowest BCUT2D eigenvalue weighted by Crippen LogP contribution is -2.05. The van der Waals surface area contributed by atoms with Gasteiger partial charge in [-0.05, 0) is 12.1 Å². The fourth-order valence-corrected chi connectivity index (χ4v) is 1.92. The van der Waals surface area contributed by atoms with Crippen molar-refractivity contribution in [3.63, 3.8) is 0 Å². The van der Waals surface area contributed by atoms with Gasteiger partial charge in [0.25, 0.3) is 0 Å². The summed E-state index contributed by atoms with van der Waals surface area (Å²) >= 11 is 0. The first-order chi connectivity index (χ1) is 9.71. The monoisotopic (exact) mass is 299 g/mol. The first-order valence-electron chi connectivity index (χ1n) is 6.12. The van der Waals surface area contributed by atoms with Crippen LogP contribution in [0.1, 0.15) is 41.4 Å². The van der Waals surface area contributed by atoms with Crippen LogP contribution in [0.25, 0.3) is 11.3 Å². The predicted molar refractivity (Wildman–Crippen MR) is 68.0 cm³/mol. The topological polar surface area (TPSA) is 63.3 Å². The molecule has 21 heavy (non-hydrogen) atoms. The molecule has 0 bridgehead atoms. The van der Waals surface area contributed by atoms with Crippen molar-refractivity contribution in [2.24, 2.45) is 0 Å². The van der Waals surface area contributed by atoms with E-state index in [0.717, 1.165) is 12.1 Å². The van der Waals surface area contributed by atoms with Gasteiger partial charge in [-0.25, -0.2) is 4.79 Å². The molecule has 7 heteroatoms. The molecule has 0 saturated carbocycles. The zero-order valence-corrected chi connectivity index (χ0v) is 11.2. The molecule has 2 rings (SSSR count). The van der Waals surface area contributed by atoms with Crippen molar-refractivity contribution in [2.45, 2.75) is 25.9 Å². The normalized spacial score (nSPS) is 11.9. The second-order valence-electron chi connectivity index (χ2n) is 4.81. The number of benzene rings is 1. The summed E-state index contributed by atoms with van der Waals surface area (Å²) in [5.74, 6) is -1.24. The van der Waals surface area contributed by atoms with E-state index in [2.05, 4.69) is 5.16 Å². The molecule has 0 radical (unpaired) electrons. The number of hydrogen-bond acceptors (Lipinski definition) is 3. The lowest BCUT2D eigenvalue weighted by atomic mass is 10.0. The van der Waals surface area contributed by atoms with Gasteiger partial charge in [-0.2, -0.15) is 13.2 Å². The van der Waals surface area contributed by atoms with Gasteiger partial charge in [-0.1, -0.05) is 31.1 Å². The van der Waals surface area contributed by atoms with Crippen molar-refractivity contribution >= 4 is 5.97 Å². The van der Waals surface area contributed by atoms with Crippen LogP contribution in [-0.2, 0) is 6.18 Å². The first-order valence-corrected chi connectivity index (χ1v) is 6.12. The number of nitrogens with zero attached hydrogens (tertiary/aromatic N) is 1. The van der Waals surface area contributed by atoms with Crippen LogP contribution in [0, 0.1) is 0 Å². The van der Waals surface area contributed by atoms with Crippen LogP contribution in [0.4, 0.5) is 13.2 Å². The average Bonchev–Trinajstić information content (AvgIpc) is 2.82. The van der Waals surface area contributed by atoms with Crippen molar-refractivity contribution < 1.29 is 27.6 Å². The molecular weight excluding hydrogens is 287 g/mol. The average molecular weight is 299 g/mol. The maximum absolute atomic E-state index is 12.5. The van der Waals surface area contributed by atoms with Crippen LogP contribution in [0.15, 0.2) is 28.8 Å². The molecule has 0 aliphatic heterocycles. The molecule has 112 valence electrons. The molecule has 1 N–H and O–H groups in total. The molecule has 0 aliphatic rings. The lowest BCUT2D eigenvalue weighted by Gasteiger charge is -2.07. The highest BCUT2D eigenvalue weighted by Gasteiger charge is 2.31. The Labute approximate surface area is 118 Å². The van der Waals surface area contributed by atoms with Gasteiger partial charge in [-0.15, -0.1) is 0 Å². The van der Waals surface area contributed by atoms with E-state index in [1.54, 1.807) is 13.8 Å². The summed E-state index contributed by atoms with van der Waals surface area (Å²) in [5, 5.41) is 12.9. The van der Waals surface area contributed by atoms with E-state index >= 15 is 0 Å². The summed E-state index contributed by atoms with van der Waals surface area (Å²) in [4.78, 5) is 11.3. The summed E-state index contributed by atoms with van der Waals surface area (Å²) in [6.07, 6.45) is -4.44. The molecule has 0 saturated heterocycles. The summed E-state index contributed by atoms with van der Waals surface area (Å²) < 4.78 is 42.6. The van der Waals surface area contributed by atoms with Crippen LogP contribution in [0.2, 0.25) is 0 Å². The molecule has 0 amide bonds. The van der Waals surface area contributed by atoms with Gasteiger partial charge in [0.05, 0.1) is 5.56 Å². The minimum atomic E-state index is -4.44. The third kappa shape index (κ3) is 2.91. The molecule has 0 aliphatic carbocycles. The third-order valence-corrected chi connectivity index (χ3v) is 2.94. The number of carboxylic acids is 1. The van der Waals surface area contributed by atoms with Crippen molar-refractivity contribution in [3.8, 4) is 11.3 Å². The third-order valence-electron chi connectivity index (χ3n) is 2.94. The Morgan fingerprint density at radius 2 is 1.81 bits per heavy atom. The van der Waals surface area contributed by atoms with Crippen LogP contribution in [0.5, 0.6) is 0 Å². The van der Waals surface area contributed by atoms with Crippen molar-refractivity contribution in [2.75, 3.05) is 0 Å². The molecule has 4 nitrogen and oxygen atoms in total. The Morgan fingerprint density at radius 3 is 2.24 bits per heavy atom. The van der Waals surface area contributed by atoms with E-state index in [1.807, 2.05) is 0 Å². The molecule has 0 spiro atoms. The summed E-state index contributed by atoms with van der Waals surface area (Å²) in [5.41, 5.74) is -0.642. The molecular formula is C14H12F3NO3. The number of halogens is 3. The van der Waals surface area contributed by atoms with Gasteiger partial charge in [0.2, 0.25) is 0 Å². The maximum atomic E-state index is 12.5. The Hall–Kier alpha value is -2.31. The zero-order chi connectivity index (χ0) is 15.8. The van der Waals surface area contributed by atoms with E-state index in [1.165, 1.54) is 12.1 Å². The standard InChI is InChI=1S/C14H12F3NO3/c1-7(2)12-10(13(19)20)11(18-21-12)8-3-5-9(6-4-8)14(15,16)17/h3-7H,1-2H3,(H,19,20). The highest BCUT2D eigenvalue weighted by molar-refractivity contribution is 5.96. The van der Waals surface area contributed by atoms with E-state index in [-0.39, 0.29) is 28.5 Å². The smallest absolute Gasteiger partial charge is 0.416 e. The van der Waals surface area contributed by atoms with Gasteiger partial charge in [-0.3, -0.25) is 0 Å². The number of rotatable bonds is 3. The second-order valence-corrected chi connectivity index (χ2v) is 4.81. The number of carbonyl (C=O) groups is 1. The Bertz CT molecular complexity index is 657. The van der Waals surface area contributed by atoms with E-state index in [4.69, 9.17) is 4.52 Å². The minimum Gasteiger partial charge on any atom is -0.477 e. The highest BCUT2D eigenvalue weighted by atomic mass is 19.4. The number of hydrogen-bond donors (Lipinski definition) is 1. The molecule has 1 aromatic heterocycles. The van der Waals surface area contributed by atoms with Gasteiger partial charge in [0.1, 0.15) is 11.3 Å². The number of aromatic nitrogens is 1. The number of carboxylic acid groups (broad SMARTS) is 1. The van der Waals surface area contributed by atoms with Gasteiger partial charge >= 0.3 is 12.1 Å². The van der Waals surface area contributed by atoms with Crippen molar-refractivity contribution in [3.05, 3.63) is 41.2 Å². The van der Waals surface area contributed by atoms with Crippen LogP contribution in [-0.4, -0.2) is 16.2 Å². The van der Waals surface area contributed by atoms with Gasteiger partial charge in [0, 0.05) is 11.5 Å². The van der Waals surface area contributed by atoms with Gasteiger partial charge < -0.3 is 9.63 Å².